The van der Waals surface area contributed by atoms with E-state index in [2.05, 4.69) is 15.3 Å². The molecule has 0 saturated carbocycles. The first kappa shape index (κ1) is 18.6. The van der Waals surface area contributed by atoms with Crippen molar-refractivity contribution in [2.45, 2.75) is 26.4 Å². The predicted molar refractivity (Wildman–Crippen MR) is 95.4 cm³/mol. The minimum atomic E-state index is -4.50. The molecule has 0 unspecified atom stereocenters. The summed E-state index contributed by atoms with van der Waals surface area (Å²) in [5.74, 6) is -0.385. The highest BCUT2D eigenvalue weighted by Gasteiger charge is 2.33. The molecule has 3 aromatic rings. The lowest BCUT2D eigenvalue weighted by Gasteiger charge is -2.05. The molecule has 0 aliphatic heterocycles. The van der Waals surface area contributed by atoms with E-state index in [1.165, 1.54) is 0 Å². The number of aryl methyl sites for hydroxylation is 2. The lowest BCUT2D eigenvalue weighted by molar-refractivity contribution is -0.342. The fourth-order valence-electron chi connectivity index (χ4n) is 2.38. The number of fused-ring (bicyclic) bond motifs is 1. The number of halogens is 3. The fraction of sp³-hybridized carbons (Fsp3) is 0.312. The van der Waals surface area contributed by atoms with Crippen LogP contribution in [-0.2, 0) is 12.6 Å². The van der Waals surface area contributed by atoms with E-state index >= 15 is 0 Å². The number of hydrogen-bond donors (Lipinski definition) is 2. The van der Waals surface area contributed by atoms with Gasteiger partial charge < -0.3 is 11.1 Å². The molecule has 0 radical (unpaired) electrons. The molecule has 138 valence electrons. The van der Waals surface area contributed by atoms with E-state index in [0.29, 0.717) is 17.7 Å². The van der Waals surface area contributed by atoms with Gasteiger partial charge in [0.15, 0.2) is 0 Å². The van der Waals surface area contributed by atoms with Crippen LogP contribution < -0.4 is 16.0 Å². The first-order valence-electron chi connectivity index (χ1n) is 7.69. The van der Waals surface area contributed by atoms with Gasteiger partial charge in [0.05, 0.1) is 22.0 Å². The molecule has 4 N–H and O–H groups in total. The van der Waals surface area contributed by atoms with E-state index in [4.69, 9.17) is 5.73 Å². The summed E-state index contributed by atoms with van der Waals surface area (Å²) >= 11 is 2.61. The summed E-state index contributed by atoms with van der Waals surface area (Å²) in [5.41, 5.74) is 6.02. The van der Waals surface area contributed by atoms with Gasteiger partial charge in [-0.2, -0.15) is 18.2 Å². The number of aromatic amines is 1. The van der Waals surface area contributed by atoms with Gasteiger partial charge in [0, 0.05) is 23.9 Å². The van der Waals surface area contributed by atoms with Crippen molar-refractivity contribution in [3.05, 3.63) is 38.3 Å². The number of alkyl halides is 3. The highest BCUT2D eigenvalue weighted by molar-refractivity contribution is 7.20. The van der Waals surface area contributed by atoms with Crippen molar-refractivity contribution in [2.24, 2.45) is 0 Å². The highest BCUT2D eigenvalue weighted by atomic mass is 32.1. The smallest absolute Gasteiger partial charge is 0.397 e. The van der Waals surface area contributed by atoms with Crippen LogP contribution in [0.5, 0.6) is 0 Å². The minimum absolute atomic E-state index is 0.0103. The van der Waals surface area contributed by atoms with Gasteiger partial charge in [0.25, 0.3) is 0 Å². The molecular formula is C16H16F3N4OS2+. The van der Waals surface area contributed by atoms with E-state index in [1.54, 1.807) is 11.3 Å². The third-order valence-electron chi connectivity index (χ3n) is 3.80. The van der Waals surface area contributed by atoms with Crippen LogP contribution in [0.3, 0.4) is 0 Å². The van der Waals surface area contributed by atoms with Crippen LogP contribution in [0.1, 0.15) is 30.9 Å². The summed E-state index contributed by atoms with van der Waals surface area (Å²) in [6.07, 6.45) is -3.90. The number of nitrogens with zero attached hydrogens (tertiary/aromatic N) is 1. The number of carbonyl (C=O) groups excluding carboxylic acids is 1. The van der Waals surface area contributed by atoms with Crippen LogP contribution in [0, 0.1) is 13.8 Å². The van der Waals surface area contributed by atoms with Crippen molar-refractivity contribution >= 4 is 44.5 Å². The van der Waals surface area contributed by atoms with Gasteiger partial charge >= 0.3 is 17.1 Å². The molecule has 3 rings (SSSR count). The molecule has 2 heterocycles. The molecule has 2 aromatic heterocycles. The number of aromatic nitrogens is 2. The zero-order valence-electron chi connectivity index (χ0n) is 14.0. The van der Waals surface area contributed by atoms with Crippen molar-refractivity contribution in [3.8, 4) is 0 Å². The van der Waals surface area contributed by atoms with Crippen molar-refractivity contribution in [1.29, 1.82) is 0 Å². The number of amides is 1. The molecule has 0 atom stereocenters. The van der Waals surface area contributed by atoms with Gasteiger partial charge in [-0.05, 0) is 19.9 Å². The molecule has 1 amide bonds. The Bertz CT molecular complexity index is 958. The zero-order valence-corrected chi connectivity index (χ0v) is 15.6. The third kappa shape index (κ3) is 3.80. The van der Waals surface area contributed by atoms with Crippen LogP contribution in [-0.4, -0.2) is 17.4 Å². The maximum absolute atomic E-state index is 12.9. The average molecular weight is 401 g/mol. The number of H-pyrrole nitrogens is 1. The number of hydrogen-bond acceptors (Lipinski definition) is 5. The van der Waals surface area contributed by atoms with E-state index in [0.717, 1.165) is 39.0 Å². The van der Waals surface area contributed by atoms with Crippen LogP contribution in [0.2, 0.25) is 0 Å². The van der Waals surface area contributed by atoms with E-state index in [-0.39, 0.29) is 22.1 Å². The number of rotatable bonds is 4. The molecule has 0 bridgehead atoms. The first-order chi connectivity index (χ1) is 12.1. The second kappa shape index (κ2) is 6.84. The normalized spacial score (nSPS) is 11.9. The van der Waals surface area contributed by atoms with Crippen LogP contribution in [0.15, 0.2) is 12.1 Å². The molecular weight excluding hydrogens is 385 g/mol. The van der Waals surface area contributed by atoms with Crippen molar-refractivity contribution in [1.82, 2.24) is 10.3 Å². The van der Waals surface area contributed by atoms with E-state index < -0.39 is 11.7 Å². The lowest BCUT2D eigenvalue weighted by atomic mass is 10.2. The summed E-state index contributed by atoms with van der Waals surface area (Å²) in [5, 5.41) is 3.88. The Labute approximate surface area is 155 Å². The molecule has 0 fully saturated rings. The molecule has 26 heavy (non-hydrogen) atoms. The largest absolute Gasteiger partial charge is 0.416 e. The Morgan fingerprint density at radius 1 is 1.31 bits per heavy atom. The molecule has 1 aromatic carbocycles. The molecule has 10 heteroatoms. The molecule has 0 saturated heterocycles. The number of carbonyl (C=O) groups is 1. The number of nitrogens with two attached hydrogens (primary N) is 1. The lowest BCUT2D eigenvalue weighted by Crippen LogP contribution is -2.29. The first-order valence-corrected chi connectivity index (χ1v) is 9.32. The summed E-state index contributed by atoms with van der Waals surface area (Å²) in [6.45, 7) is 4.30. The number of benzene rings is 1. The zero-order chi connectivity index (χ0) is 19.1. The molecule has 0 aliphatic carbocycles. The van der Waals surface area contributed by atoms with E-state index in [1.807, 2.05) is 13.8 Å². The number of nitrogens with one attached hydrogen (secondary N) is 2. The van der Waals surface area contributed by atoms with Gasteiger partial charge in [-0.1, -0.05) is 11.3 Å². The number of thiazole rings is 2. The van der Waals surface area contributed by atoms with Crippen LogP contribution >= 0.6 is 22.7 Å². The summed E-state index contributed by atoms with van der Waals surface area (Å²) in [6, 6.07) is 1.83. The second-order valence-corrected chi connectivity index (χ2v) is 8.06. The molecule has 0 aliphatic rings. The van der Waals surface area contributed by atoms with E-state index in [9.17, 15) is 18.0 Å². The van der Waals surface area contributed by atoms with Crippen molar-refractivity contribution in [2.75, 3.05) is 12.3 Å². The maximum atomic E-state index is 12.9. The van der Waals surface area contributed by atoms with Gasteiger partial charge in [0.1, 0.15) is 4.70 Å². The maximum Gasteiger partial charge on any atom is 0.416 e. The predicted octanol–water partition coefficient (Wildman–Crippen LogP) is 3.36. The molecule has 5 nitrogen and oxygen atoms in total. The minimum Gasteiger partial charge on any atom is -0.397 e. The Kier molecular flexibility index (Phi) is 4.89. The second-order valence-electron chi connectivity index (χ2n) is 5.75. The quantitative estimate of drug-likeness (QED) is 0.658. The van der Waals surface area contributed by atoms with Gasteiger partial charge in [0.2, 0.25) is 5.52 Å². The van der Waals surface area contributed by atoms with Gasteiger partial charge in [-0.15, -0.1) is 11.3 Å². The molecule has 0 spiro atoms. The van der Waals surface area contributed by atoms with Gasteiger partial charge in [-0.25, -0.2) is 4.98 Å². The van der Waals surface area contributed by atoms with Gasteiger partial charge in [-0.3, -0.25) is 4.79 Å². The Hall–Kier alpha value is -2.20. The highest BCUT2D eigenvalue weighted by Crippen LogP contribution is 2.35. The monoisotopic (exact) mass is 401 g/mol. The Balaban J connectivity index is 1.73. The Morgan fingerprint density at radius 3 is 2.65 bits per heavy atom. The third-order valence-corrected chi connectivity index (χ3v) is 6.08. The number of anilines is 1. The van der Waals surface area contributed by atoms with Crippen LogP contribution in [0.25, 0.3) is 10.2 Å². The standard InChI is InChI=1S/C16H15F3N4OS2/c1-7-8(2)25-12(22-7)3-4-21-14(24)15-23-11-6-9(16(17,18)19)5-10(20)13(11)26-15/h5-6H,3-4,20H2,1-2H3,(H,21,24)/p+1. The van der Waals surface area contributed by atoms with Crippen molar-refractivity contribution in [3.63, 3.8) is 0 Å². The SMILES string of the molecule is Cc1nc(CCNC(=O)c2[nH+]c3cc(C(F)(F)F)cc(N)c3s2)sc1C. The van der Waals surface area contributed by atoms with Crippen LogP contribution in [0.4, 0.5) is 18.9 Å². The fourth-order valence-corrected chi connectivity index (χ4v) is 4.24. The Morgan fingerprint density at radius 2 is 2.04 bits per heavy atom. The number of nitrogen functional groups attached to an aromatic ring is 1. The summed E-state index contributed by atoms with van der Waals surface area (Å²) in [7, 11) is 0. The van der Waals surface area contributed by atoms with Crippen molar-refractivity contribution < 1.29 is 22.9 Å². The topological polar surface area (TPSA) is 82.2 Å². The summed E-state index contributed by atoms with van der Waals surface area (Å²) in [4.78, 5) is 20.5. The summed E-state index contributed by atoms with van der Waals surface area (Å²) < 4.78 is 39.0. The average Bonchev–Trinajstić information content (AvgIpc) is 3.10.